The summed E-state index contributed by atoms with van der Waals surface area (Å²) in [7, 11) is 0. The Balaban J connectivity index is 2.01. The number of nitrogens with two attached hydrogens (primary N) is 1. The van der Waals surface area contributed by atoms with Crippen molar-refractivity contribution in [2.75, 3.05) is 6.54 Å². The second kappa shape index (κ2) is 9.50. The van der Waals surface area contributed by atoms with E-state index in [4.69, 9.17) is 5.73 Å². The molecule has 2 rings (SSSR count). The van der Waals surface area contributed by atoms with Crippen LogP contribution in [0.25, 0.3) is 0 Å². The third-order valence-corrected chi connectivity index (χ3v) is 4.78. The highest BCUT2D eigenvalue weighted by atomic mass is 16.4. The normalized spacial score (nSPS) is 19.0. The van der Waals surface area contributed by atoms with Crippen molar-refractivity contribution in [3.8, 4) is 0 Å². The molecule has 1 aromatic rings. The van der Waals surface area contributed by atoms with Gasteiger partial charge in [0.05, 0.1) is 6.04 Å². The van der Waals surface area contributed by atoms with E-state index in [2.05, 4.69) is 5.32 Å². The summed E-state index contributed by atoms with van der Waals surface area (Å²) in [6.07, 6.45) is 1.96. The number of benzene rings is 1. The fraction of sp³-hybridized carbons (Fsp3) is 0.550. The van der Waals surface area contributed by atoms with Gasteiger partial charge in [-0.3, -0.25) is 9.59 Å². The number of carboxylic acids is 1. The Morgan fingerprint density at radius 1 is 1.26 bits per heavy atom. The molecule has 0 bridgehead atoms. The molecule has 27 heavy (non-hydrogen) atoms. The van der Waals surface area contributed by atoms with E-state index in [0.29, 0.717) is 32.2 Å². The summed E-state index contributed by atoms with van der Waals surface area (Å²) in [5.41, 5.74) is 7.05. The molecule has 0 aromatic heterocycles. The molecule has 148 valence electrons. The zero-order valence-corrected chi connectivity index (χ0v) is 15.9. The van der Waals surface area contributed by atoms with E-state index in [9.17, 15) is 19.5 Å². The summed E-state index contributed by atoms with van der Waals surface area (Å²) in [6, 6.07) is 7.15. The maximum atomic E-state index is 12.8. The van der Waals surface area contributed by atoms with Crippen LogP contribution < -0.4 is 11.1 Å². The van der Waals surface area contributed by atoms with Crippen LogP contribution in [-0.4, -0.2) is 52.5 Å². The van der Waals surface area contributed by atoms with Gasteiger partial charge in [-0.25, -0.2) is 4.79 Å². The van der Waals surface area contributed by atoms with Crippen molar-refractivity contribution >= 4 is 17.8 Å². The smallest absolute Gasteiger partial charge is 0.326 e. The Labute approximate surface area is 159 Å². The Morgan fingerprint density at radius 2 is 1.93 bits per heavy atom. The maximum absolute atomic E-state index is 12.8. The van der Waals surface area contributed by atoms with Gasteiger partial charge in [-0.2, -0.15) is 0 Å². The van der Waals surface area contributed by atoms with E-state index >= 15 is 0 Å². The molecule has 4 N–H and O–H groups in total. The highest BCUT2D eigenvalue weighted by Gasteiger charge is 2.37. The van der Waals surface area contributed by atoms with E-state index in [-0.39, 0.29) is 11.8 Å². The molecule has 1 aromatic carbocycles. The quantitative estimate of drug-likeness (QED) is 0.631. The number of likely N-dealkylation sites (tertiary alicyclic amines) is 1. The fourth-order valence-corrected chi connectivity index (χ4v) is 3.43. The van der Waals surface area contributed by atoms with Gasteiger partial charge in [0, 0.05) is 6.54 Å². The van der Waals surface area contributed by atoms with Gasteiger partial charge in [0.2, 0.25) is 11.8 Å². The van der Waals surface area contributed by atoms with Crippen molar-refractivity contribution in [3.63, 3.8) is 0 Å². The summed E-state index contributed by atoms with van der Waals surface area (Å²) in [5.74, 6) is -1.62. The summed E-state index contributed by atoms with van der Waals surface area (Å²) in [5, 5.41) is 11.9. The van der Waals surface area contributed by atoms with Gasteiger partial charge in [0.15, 0.2) is 0 Å². The Bertz CT molecular complexity index is 662. The summed E-state index contributed by atoms with van der Waals surface area (Å²) >= 11 is 0. The lowest BCUT2D eigenvalue weighted by Crippen LogP contribution is -2.54. The molecule has 0 spiro atoms. The van der Waals surface area contributed by atoms with Gasteiger partial charge in [-0.1, -0.05) is 44.2 Å². The Morgan fingerprint density at radius 3 is 2.52 bits per heavy atom. The molecule has 1 heterocycles. The minimum absolute atomic E-state index is 0.131. The molecule has 0 aliphatic carbocycles. The number of nitrogens with one attached hydrogen (secondary N) is 1. The van der Waals surface area contributed by atoms with Crippen LogP contribution in [0.1, 0.15) is 38.7 Å². The number of rotatable bonds is 8. The van der Waals surface area contributed by atoms with Gasteiger partial charge >= 0.3 is 5.97 Å². The van der Waals surface area contributed by atoms with Gasteiger partial charge in [-0.05, 0) is 37.2 Å². The van der Waals surface area contributed by atoms with Crippen molar-refractivity contribution in [3.05, 3.63) is 35.9 Å². The van der Waals surface area contributed by atoms with Crippen LogP contribution in [0.4, 0.5) is 0 Å². The minimum Gasteiger partial charge on any atom is -0.480 e. The Kier molecular flexibility index (Phi) is 7.36. The third-order valence-electron chi connectivity index (χ3n) is 4.78. The van der Waals surface area contributed by atoms with Gasteiger partial charge in [0.1, 0.15) is 12.1 Å². The molecule has 7 nitrogen and oxygen atoms in total. The number of carbonyl (C=O) groups is 3. The molecule has 7 heteroatoms. The first kappa shape index (κ1) is 20.9. The minimum atomic E-state index is -1.06. The van der Waals surface area contributed by atoms with Crippen LogP contribution in [0.5, 0.6) is 0 Å². The van der Waals surface area contributed by atoms with E-state index in [1.165, 1.54) is 4.90 Å². The number of nitrogens with zero attached hydrogens (tertiary/aromatic N) is 1. The van der Waals surface area contributed by atoms with E-state index in [1.54, 1.807) is 0 Å². The lowest BCUT2D eigenvalue weighted by molar-refractivity contribution is -0.144. The first-order valence-electron chi connectivity index (χ1n) is 9.42. The molecule has 1 aliphatic heterocycles. The van der Waals surface area contributed by atoms with Gasteiger partial charge in [-0.15, -0.1) is 0 Å². The second-order valence-electron chi connectivity index (χ2n) is 7.51. The maximum Gasteiger partial charge on any atom is 0.326 e. The van der Waals surface area contributed by atoms with Crippen LogP contribution in [0.15, 0.2) is 30.3 Å². The summed E-state index contributed by atoms with van der Waals surface area (Å²) in [6.45, 7) is 4.26. The number of carbonyl (C=O) groups excluding carboxylic acids is 2. The molecule has 1 saturated heterocycles. The van der Waals surface area contributed by atoms with E-state index < -0.39 is 30.0 Å². The van der Waals surface area contributed by atoms with E-state index in [1.807, 2.05) is 44.2 Å². The standard InChI is InChI=1S/C20H29N3O4/c1-13(2)11-16(20(26)27)22-18(24)17-9-6-10-23(17)19(25)15(21)12-14-7-4-3-5-8-14/h3-5,7-8,13,15-17H,6,9-12,21H2,1-2H3,(H,22,24)(H,26,27)/t15-,16-,17-/m0/s1. The zero-order valence-electron chi connectivity index (χ0n) is 15.9. The average molecular weight is 375 g/mol. The topological polar surface area (TPSA) is 113 Å². The lowest BCUT2D eigenvalue weighted by atomic mass is 10.0. The van der Waals surface area contributed by atoms with Gasteiger partial charge < -0.3 is 21.1 Å². The third kappa shape index (κ3) is 5.79. The second-order valence-corrected chi connectivity index (χ2v) is 7.51. The predicted molar refractivity (Wildman–Crippen MR) is 102 cm³/mol. The molecule has 0 unspecified atom stereocenters. The number of hydrogen-bond donors (Lipinski definition) is 3. The SMILES string of the molecule is CC(C)C[C@H](NC(=O)[C@@H]1CCCN1C(=O)[C@@H](N)Cc1ccccc1)C(=O)O. The molecule has 1 fully saturated rings. The average Bonchev–Trinajstić information content (AvgIpc) is 3.10. The van der Waals surface area contributed by atoms with Crippen LogP contribution in [0.3, 0.4) is 0 Å². The molecule has 0 radical (unpaired) electrons. The summed E-state index contributed by atoms with van der Waals surface area (Å²) in [4.78, 5) is 38.3. The van der Waals surface area contributed by atoms with Crippen molar-refractivity contribution in [1.82, 2.24) is 10.2 Å². The highest BCUT2D eigenvalue weighted by Crippen LogP contribution is 2.20. The molecular formula is C20H29N3O4. The van der Waals surface area contributed by atoms with Crippen LogP contribution in [0, 0.1) is 5.92 Å². The number of aliphatic carboxylic acids is 1. The number of carboxylic acid groups (broad SMARTS) is 1. The monoisotopic (exact) mass is 375 g/mol. The fourth-order valence-electron chi connectivity index (χ4n) is 3.43. The molecule has 2 amide bonds. The number of amides is 2. The van der Waals surface area contributed by atoms with Crippen molar-refractivity contribution in [2.24, 2.45) is 11.7 Å². The van der Waals surface area contributed by atoms with E-state index in [0.717, 1.165) is 5.56 Å². The molecule has 0 saturated carbocycles. The van der Waals surface area contributed by atoms with Gasteiger partial charge in [0.25, 0.3) is 0 Å². The van der Waals surface area contributed by atoms with Crippen molar-refractivity contribution < 1.29 is 19.5 Å². The Hall–Kier alpha value is -2.41. The van der Waals surface area contributed by atoms with Crippen LogP contribution >= 0.6 is 0 Å². The largest absolute Gasteiger partial charge is 0.480 e. The molecule has 1 aliphatic rings. The number of hydrogen-bond acceptors (Lipinski definition) is 4. The highest BCUT2D eigenvalue weighted by molar-refractivity contribution is 5.92. The summed E-state index contributed by atoms with van der Waals surface area (Å²) < 4.78 is 0. The predicted octanol–water partition coefficient (Wildman–Crippen LogP) is 1.16. The molecule has 3 atom stereocenters. The van der Waals surface area contributed by atoms with Crippen LogP contribution in [-0.2, 0) is 20.8 Å². The van der Waals surface area contributed by atoms with Crippen LogP contribution in [0.2, 0.25) is 0 Å². The molecular weight excluding hydrogens is 346 g/mol. The first-order valence-corrected chi connectivity index (χ1v) is 9.42. The first-order chi connectivity index (χ1) is 12.8. The van der Waals surface area contributed by atoms with Crippen molar-refractivity contribution in [1.29, 1.82) is 0 Å². The van der Waals surface area contributed by atoms with Crippen molar-refractivity contribution in [2.45, 2.75) is 57.7 Å². The lowest BCUT2D eigenvalue weighted by Gasteiger charge is -2.28. The zero-order chi connectivity index (χ0) is 20.0.